The molecule has 1 aromatic heterocycles. The second-order valence-electron chi connectivity index (χ2n) is 4.24. The Balaban J connectivity index is 1.93. The van der Waals surface area contributed by atoms with Crippen molar-refractivity contribution in [1.29, 1.82) is 0 Å². The van der Waals surface area contributed by atoms with E-state index in [1.54, 1.807) is 24.3 Å². The van der Waals surface area contributed by atoms with Crippen molar-refractivity contribution in [3.05, 3.63) is 35.7 Å². The summed E-state index contributed by atoms with van der Waals surface area (Å²) in [4.78, 5) is 11.9. The second-order valence-corrected chi connectivity index (χ2v) is 6.98. The maximum Gasteiger partial charge on any atom is 0.225 e. The first kappa shape index (κ1) is 15.5. The molecule has 0 radical (unpaired) electrons. The van der Waals surface area contributed by atoms with Crippen LogP contribution in [0.25, 0.3) is 0 Å². The van der Waals surface area contributed by atoms with E-state index in [9.17, 15) is 9.00 Å². The van der Waals surface area contributed by atoms with Gasteiger partial charge in [-0.25, -0.2) is 0 Å². The number of ether oxygens (including phenoxy) is 1. The van der Waals surface area contributed by atoms with Crippen LogP contribution in [0.2, 0.25) is 0 Å². The van der Waals surface area contributed by atoms with Crippen molar-refractivity contribution in [3.63, 3.8) is 0 Å². The lowest BCUT2D eigenvalue weighted by molar-refractivity contribution is -0.115. The molecule has 0 saturated carbocycles. The highest BCUT2D eigenvalue weighted by molar-refractivity contribution is 7.87. The molecule has 1 unspecified atom stereocenters. The monoisotopic (exact) mass is 324 g/mol. The zero-order valence-electron chi connectivity index (χ0n) is 11.5. The van der Waals surface area contributed by atoms with Crippen LogP contribution in [0.1, 0.15) is 6.42 Å². The lowest BCUT2D eigenvalue weighted by atomic mass is 10.2. The van der Waals surface area contributed by atoms with E-state index < -0.39 is 10.8 Å². The Hall–Kier alpha value is -1.86. The number of benzene rings is 1. The number of nitrogens with one attached hydrogen (secondary N) is 1. The summed E-state index contributed by atoms with van der Waals surface area (Å²) in [7, 11) is 0.380. The van der Waals surface area contributed by atoms with Crippen molar-refractivity contribution < 1.29 is 13.7 Å². The molecular weight excluding hydrogens is 308 g/mol. The molecule has 0 aliphatic heterocycles. The number of nitrogen functional groups attached to an aromatic ring is 1. The van der Waals surface area contributed by atoms with Gasteiger partial charge in [0, 0.05) is 17.9 Å². The van der Waals surface area contributed by atoms with E-state index in [-0.39, 0.29) is 18.1 Å². The molecule has 1 heterocycles. The number of methoxy groups -OCH3 is 1. The maximum atomic E-state index is 11.9. The van der Waals surface area contributed by atoms with Gasteiger partial charge in [0.05, 0.1) is 27.8 Å². The van der Waals surface area contributed by atoms with Crippen LogP contribution in [0.4, 0.5) is 11.4 Å². The largest absolute Gasteiger partial charge is 0.495 e. The van der Waals surface area contributed by atoms with Crippen LogP contribution in [-0.4, -0.2) is 23.0 Å². The van der Waals surface area contributed by atoms with Gasteiger partial charge in [-0.1, -0.05) is 6.07 Å². The predicted octanol–water partition coefficient (Wildman–Crippen LogP) is 2.48. The summed E-state index contributed by atoms with van der Waals surface area (Å²) in [6.07, 6.45) is 0.169. The Bertz CT molecular complexity index is 642. The molecule has 2 rings (SSSR count). The Kier molecular flexibility index (Phi) is 5.35. The summed E-state index contributed by atoms with van der Waals surface area (Å²) in [5.74, 6) is 0.609. The number of carbonyl (C=O) groups is 1. The third-order valence-corrected chi connectivity index (χ3v) is 5.40. The first-order valence-corrected chi connectivity index (χ1v) is 8.45. The highest BCUT2D eigenvalue weighted by Crippen LogP contribution is 2.26. The van der Waals surface area contributed by atoms with Crippen molar-refractivity contribution >= 4 is 39.4 Å². The molecule has 2 aromatic rings. The van der Waals surface area contributed by atoms with Crippen molar-refractivity contribution in [3.8, 4) is 5.75 Å². The van der Waals surface area contributed by atoms with Crippen LogP contribution in [-0.2, 0) is 15.6 Å². The van der Waals surface area contributed by atoms with Crippen LogP contribution in [0.15, 0.2) is 39.9 Å². The van der Waals surface area contributed by atoms with Gasteiger partial charge in [0.2, 0.25) is 5.91 Å². The van der Waals surface area contributed by atoms with Crippen molar-refractivity contribution in [2.75, 3.05) is 23.9 Å². The van der Waals surface area contributed by atoms with Gasteiger partial charge in [0.15, 0.2) is 0 Å². The van der Waals surface area contributed by atoms with Gasteiger partial charge in [-0.3, -0.25) is 9.00 Å². The van der Waals surface area contributed by atoms with Crippen molar-refractivity contribution in [1.82, 2.24) is 0 Å². The van der Waals surface area contributed by atoms with E-state index in [2.05, 4.69) is 5.32 Å². The number of nitrogens with two attached hydrogens (primary N) is 1. The molecule has 1 atom stereocenters. The Morgan fingerprint density at radius 3 is 2.90 bits per heavy atom. The van der Waals surface area contributed by atoms with Gasteiger partial charge < -0.3 is 15.8 Å². The predicted molar refractivity (Wildman–Crippen MR) is 86.2 cm³/mol. The number of thiophene rings is 1. The molecule has 21 heavy (non-hydrogen) atoms. The fraction of sp³-hybridized carbons (Fsp3) is 0.214. The van der Waals surface area contributed by atoms with Gasteiger partial charge in [-0.2, -0.15) is 0 Å². The highest BCUT2D eigenvalue weighted by atomic mass is 32.2. The van der Waals surface area contributed by atoms with Crippen LogP contribution in [0.3, 0.4) is 0 Å². The minimum atomic E-state index is -1.14. The van der Waals surface area contributed by atoms with Gasteiger partial charge in [0.25, 0.3) is 0 Å². The minimum absolute atomic E-state index is 0.169. The van der Waals surface area contributed by atoms with Crippen LogP contribution in [0.5, 0.6) is 5.75 Å². The Morgan fingerprint density at radius 2 is 2.24 bits per heavy atom. The number of anilines is 2. The van der Waals surface area contributed by atoms with Gasteiger partial charge in [-0.15, -0.1) is 11.3 Å². The normalized spacial score (nSPS) is 11.9. The molecule has 112 valence electrons. The molecular formula is C14H16N2O3S2. The van der Waals surface area contributed by atoms with E-state index >= 15 is 0 Å². The van der Waals surface area contributed by atoms with Gasteiger partial charge in [0.1, 0.15) is 5.75 Å². The van der Waals surface area contributed by atoms with Crippen LogP contribution < -0.4 is 15.8 Å². The number of hydrogen-bond donors (Lipinski definition) is 2. The van der Waals surface area contributed by atoms with E-state index in [0.717, 1.165) is 4.21 Å². The number of rotatable bonds is 6. The fourth-order valence-electron chi connectivity index (χ4n) is 1.72. The minimum Gasteiger partial charge on any atom is -0.495 e. The van der Waals surface area contributed by atoms with Crippen molar-refractivity contribution in [2.24, 2.45) is 0 Å². The molecule has 1 aromatic carbocycles. The van der Waals surface area contributed by atoms with E-state index in [0.29, 0.717) is 17.1 Å². The first-order valence-electron chi connectivity index (χ1n) is 6.25. The third-order valence-electron chi connectivity index (χ3n) is 2.73. The Labute approximate surface area is 129 Å². The second kappa shape index (κ2) is 7.24. The summed E-state index contributed by atoms with van der Waals surface area (Å²) in [6, 6.07) is 8.66. The molecule has 0 fully saturated rings. The van der Waals surface area contributed by atoms with E-state index in [4.69, 9.17) is 10.5 Å². The lowest BCUT2D eigenvalue weighted by Crippen LogP contribution is -2.15. The average Bonchev–Trinajstić information content (AvgIpc) is 2.99. The fourth-order valence-corrected chi connectivity index (χ4v) is 3.81. The molecule has 0 aliphatic rings. The van der Waals surface area contributed by atoms with Gasteiger partial charge in [-0.05, 0) is 29.6 Å². The number of hydrogen-bond acceptors (Lipinski definition) is 5. The molecule has 0 aliphatic carbocycles. The standard InChI is InChI=1S/C14H16N2O3S2/c1-19-12-5-4-10(15)9-11(12)16-13(17)6-8-21(18)14-3-2-7-20-14/h2-5,7,9H,6,8,15H2,1H3,(H,16,17). The van der Waals surface area contributed by atoms with Gasteiger partial charge >= 0.3 is 0 Å². The summed E-state index contributed by atoms with van der Waals surface area (Å²) < 4.78 is 17.9. The maximum absolute atomic E-state index is 11.9. The van der Waals surface area contributed by atoms with E-state index in [1.807, 2.05) is 11.4 Å². The van der Waals surface area contributed by atoms with Crippen LogP contribution in [0, 0.1) is 0 Å². The molecule has 0 saturated heterocycles. The number of amides is 1. The quantitative estimate of drug-likeness (QED) is 0.800. The average molecular weight is 324 g/mol. The lowest BCUT2D eigenvalue weighted by Gasteiger charge is -2.10. The van der Waals surface area contributed by atoms with Crippen LogP contribution >= 0.6 is 11.3 Å². The smallest absolute Gasteiger partial charge is 0.225 e. The van der Waals surface area contributed by atoms with E-state index in [1.165, 1.54) is 18.4 Å². The Morgan fingerprint density at radius 1 is 1.43 bits per heavy atom. The van der Waals surface area contributed by atoms with Crippen molar-refractivity contribution in [2.45, 2.75) is 10.6 Å². The zero-order valence-corrected chi connectivity index (χ0v) is 13.1. The molecule has 0 spiro atoms. The highest BCUT2D eigenvalue weighted by Gasteiger charge is 2.11. The summed E-state index contributed by atoms with van der Waals surface area (Å²) in [5.41, 5.74) is 6.74. The SMILES string of the molecule is COc1ccc(N)cc1NC(=O)CCS(=O)c1cccs1. The topological polar surface area (TPSA) is 81.4 Å². The summed E-state index contributed by atoms with van der Waals surface area (Å²) in [5, 5.41) is 4.59. The third kappa shape index (κ3) is 4.30. The molecule has 5 nitrogen and oxygen atoms in total. The molecule has 7 heteroatoms. The summed E-state index contributed by atoms with van der Waals surface area (Å²) >= 11 is 1.43. The summed E-state index contributed by atoms with van der Waals surface area (Å²) in [6.45, 7) is 0. The zero-order chi connectivity index (χ0) is 15.2. The molecule has 0 bridgehead atoms. The molecule has 1 amide bonds. The molecule has 3 N–H and O–H groups in total. The first-order chi connectivity index (χ1) is 10.1. The number of carbonyl (C=O) groups excluding carboxylic acids is 1.